The van der Waals surface area contributed by atoms with E-state index in [1.165, 1.54) is 22.3 Å². The summed E-state index contributed by atoms with van der Waals surface area (Å²) in [5.74, 6) is 0.113. The zero-order chi connectivity index (χ0) is 16.9. The molecule has 3 aromatic rings. The van der Waals surface area contributed by atoms with Crippen molar-refractivity contribution < 1.29 is 4.79 Å². The van der Waals surface area contributed by atoms with Gasteiger partial charge < -0.3 is 0 Å². The Bertz CT molecular complexity index is 833. The summed E-state index contributed by atoms with van der Waals surface area (Å²) in [5.41, 5.74) is 6.49. The molecule has 0 spiro atoms. The van der Waals surface area contributed by atoms with E-state index in [1.807, 2.05) is 42.5 Å². The third kappa shape index (κ3) is 3.03. The van der Waals surface area contributed by atoms with Crippen LogP contribution < -0.4 is 0 Å². The van der Waals surface area contributed by atoms with Gasteiger partial charge in [0.15, 0.2) is 5.78 Å². The minimum absolute atomic E-state index is 0.113. The summed E-state index contributed by atoms with van der Waals surface area (Å²) in [6.45, 7) is 4.29. The predicted molar refractivity (Wildman–Crippen MR) is 101 cm³/mol. The highest BCUT2D eigenvalue weighted by atomic mass is 16.1. The van der Waals surface area contributed by atoms with E-state index in [2.05, 4.69) is 44.2 Å². The molecule has 0 aliphatic rings. The maximum atomic E-state index is 12.9. The Morgan fingerprint density at radius 1 is 0.708 bits per heavy atom. The predicted octanol–water partition coefficient (Wildman–Crippen LogP) is 5.71. The lowest BCUT2D eigenvalue weighted by Crippen LogP contribution is -2.08. The van der Waals surface area contributed by atoms with Crippen molar-refractivity contribution >= 4 is 5.78 Å². The lowest BCUT2D eigenvalue weighted by molar-refractivity contribution is 0.103. The zero-order valence-electron chi connectivity index (χ0n) is 14.3. The van der Waals surface area contributed by atoms with Gasteiger partial charge in [-0.1, -0.05) is 86.6 Å². The molecule has 24 heavy (non-hydrogen) atoms. The molecule has 0 aliphatic heterocycles. The minimum Gasteiger partial charge on any atom is -0.289 e. The van der Waals surface area contributed by atoms with Crippen LogP contribution in [0.4, 0.5) is 0 Å². The van der Waals surface area contributed by atoms with Crippen molar-refractivity contribution in [3.05, 3.63) is 95.1 Å². The van der Waals surface area contributed by atoms with E-state index in [0.717, 1.165) is 24.0 Å². The molecule has 0 saturated carbocycles. The van der Waals surface area contributed by atoms with Crippen LogP contribution in [0.5, 0.6) is 0 Å². The molecule has 1 heteroatoms. The van der Waals surface area contributed by atoms with Crippen LogP contribution in [-0.4, -0.2) is 5.78 Å². The fourth-order valence-electron chi connectivity index (χ4n) is 3.35. The largest absolute Gasteiger partial charge is 0.289 e. The van der Waals surface area contributed by atoms with Gasteiger partial charge in [0, 0.05) is 11.1 Å². The number of carbonyl (C=O) groups excluding carboxylic acids is 1. The number of carbonyl (C=O) groups is 1. The summed E-state index contributed by atoms with van der Waals surface area (Å²) in [6.07, 6.45) is 1.78. The van der Waals surface area contributed by atoms with E-state index in [4.69, 9.17) is 0 Å². The first-order valence-electron chi connectivity index (χ1n) is 8.56. The van der Waals surface area contributed by atoms with Gasteiger partial charge in [0.1, 0.15) is 0 Å². The van der Waals surface area contributed by atoms with Crippen LogP contribution in [0.25, 0.3) is 11.1 Å². The van der Waals surface area contributed by atoms with Gasteiger partial charge in [0.05, 0.1) is 0 Å². The summed E-state index contributed by atoms with van der Waals surface area (Å²) in [4.78, 5) is 12.9. The molecule has 0 heterocycles. The van der Waals surface area contributed by atoms with Gasteiger partial charge in [-0.2, -0.15) is 0 Å². The summed E-state index contributed by atoms with van der Waals surface area (Å²) in [7, 11) is 0. The zero-order valence-corrected chi connectivity index (χ0v) is 14.3. The highest BCUT2D eigenvalue weighted by molar-refractivity contribution is 6.10. The van der Waals surface area contributed by atoms with E-state index in [0.29, 0.717) is 0 Å². The van der Waals surface area contributed by atoms with Crippen molar-refractivity contribution in [2.75, 3.05) is 0 Å². The van der Waals surface area contributed by atoms with Crippen LogP contribution in [0.1, 0.15) is 40.9 Å². The number of hydrogen-bond acceptors (Lipinski definition) is 1. The fraction of sp³-hybridized carbons (Fsp3) is 0.174. The molecule has 0 saturated heterocycles. The molecule has 0 unspecified atom stereocenters. The molecule has 0 bridgehead atoms. The lowest BCUT2D eigenvalue weighted by Gasteiger charge is -2.17. The second-order valence-corrected chi connectivity index (χ2v) is 5.89. The molecule has 1 nitrogen and oxygen atoms in total. The monoisotopic (exact) mass is 314 g/mol. The maximum Gasteiger partial charge on any atom is 0.193 e. The number of rotatable bonds is 5. The Morgan fingerprint density at radius 3 is 1.88 bits per heavy atom. The van der Waals surface area contributed by atoms with Crippen molar-refractivity contribution in [3.63, 3.8) is 0 Å². The molecule has 0 atom stereocenters. The molecule has 0 aromatic heterocycles. The van der Waals surface area contributed by atoms with Crippen LogP contribution in [0, 0.1) is 0 Å². The van der Waals surface area contributed by atoms with Crippen molar-refractivity contribution in [3.8, 4) is 11.1 Å². The highest BCUT2D eigenvalue weighted by Gasteiger charge is 2.17. The van der Waals surface area contributed by atoms with Crippen molar-refractivity contribution in [1.82, 2.24) is 0 Å². The van der Waals surface area contributed by atoms with E-state index < -0.39 is 0 Å². The van der Waals surface area contributed by atoms with Gasteiger partial charge in [-0.25, -0.2) is 0 Å². The number of hydrogen-bond donors (Lipinski definition) is 0. The third-order valence-corrected chi connectivity index (χ3v) is 4.50. The lowest BCUT2D eigenvalue weighted by atomic mass is 9.87. The van der Waals surface area contributed by atoms with Crippen LogP contribution in [-0.2, 0) is 12.8 Å². The Hall–Kier alpha value is -2.67. The summed E-state index contributed by atoms with van der Waals surface area (Å²) < 4.78 is 0. The molecule has 0 fully saturated rings. The first-order valence-corrected chi connectivity index (χ1v) is 8.56. The Kier molecular flexibility index (Phi) is 4.90. The van der Waals surface area contributed by atoms with Gasteiger partial charge in [0.25, 0.3) is 0 Å². The van der Waals surface area contributed by atoms with Crippen molar-refractivity contribution in [2.24, 2.45) is 0 Å². The molecule has 3 rings (SSSR count). The molecule has 0 radical (unpaired) electrons. The maximum absolute atomic E-state index is 12.9. The highest BCUT2D eigenvalue weighted by Crippen LogP contribution is 2.30. The molecular formula is C23H22O. The van der Waals surface area contributed by atoms with Crippen LogP contribution >= 0.6 is 0 Å². The third-order valence-electron chi connectivity index (χ3n) is 4.50. The summed E-state index contributed by atoms with van der Waals surface area (Å²) >= 11 is 0. The fourth-order valence-corrected chi connectivity index (χ4v) is 3.35. The first-order chi connectivity index (χ1) is 11.8. The number of ketones is 1. The summed E-state index contributed by atoms with van der Waals surface area (Å²) in [5, 5.41) is 0. The van der Waals surface area contributed by atoms with Gasteiger partial charge in [0.2, 0.25) is 0 Å². The first kappa shape index (κ1) is 16.2. The Balaban J connectivity index is 2.15. The van der Waals surface area contributed by atoms with E-state index in [1.54, 1.807) is 0 Å². The second-order valence-electron chi connectivity index (χ2n) is 5.89. The van der Waals surface area contributed by atoms with Crippen LogP contribution in [0.3, 0.4) is 0 Å². The van der Waals surface area contributed by atoms with Crippen molar-refractivity contribution in [1.29, 1.82) is 0 Å². The van der Waals surface area contributed by atoms with Gasteiger partial charge in [-0.05, 0) is 35.1 Å². The molecule has 0 N–H and O–H groups in total. The van der Waals surface area contributed by atoms with Gasteiger partial charge in [-0.15, -0.1) is 0 Å². The minimum atomic E-state index is 0.113. The molecule has 0 amide bonds. The van der Waals surface area contributed by atoms with Gasteiger partial charge >= 0.3 is 0 Å². The van der Waals surface area contributed by atoms with Crippen molar-refractivity contribution in [2.45, 2.75) is 26.7 Å². The molecule has 0 aliphatic carbocycles. The standard InChI is InChI=1S/C23H22O/c1-3-19-20(4-2)22(23(24)18-13-9-6-10-14-18)16-15-21(19)17-11-7-5-8-12-17/h5-16H,3-4H2,1-2H3. The Morgan fingerprint density at radius 2 is 1.29 bits per heavy atom. The second kappa shape index (κ2) is 7.27. The topological polar surface area (TPSA) is 17.1 Å². The van der Waals surface area contributed by atoms with Crippen LogP contribution in [0.2, 0.25) is 0 Å². The average molecular weight is 314 g/mol. The van der Waals surface area contributed by atoms with Crippen LogP contribution in [0.15, 0.2) is 72.8 Å². The smallest absolute Gasteiger partial charge is 0.193 e. The SMILES string of the molecule is CCc1c(C(=O)c2ccccc2)ccc(-c2ccccc2)c1CC. The molecular weight excluding hydrogens is 292 g/mol. The quantitative estimate of drug-likeness (QED) is 0.551. The summed E-state index contributed by atoms with van der Waals surface area (Å²) in [6, 6.07) is 24.1. The Labute approximate surface area is 144 Å². The van der Waals surface area contributed by atoms with E-state index >= 15 is 0 Å². The number of benzene rings is 3. The van der Waals surface area contributed by atoms with Gasteiger partial charge in [-0.3, -0.25) is 4.79 Å². The van der Waals surface area contributed by atoms with E-state index in [-0.39, 0.29) is 5.78 Å². The molecule has 120 valence electrons. The average Bonchev–Trinajstić information content (AvgIpc) is 2.67. The molecule has 3 aromatic carbocycles. The van der Waals surface area contributed by atoms with E-state index in [9.17, 15) is 4.79 Å². The normalized spacial score (nSPS) is 10.6.